The first-order valence-electron chi connectivity index (χ1n) is 19.0. The molecule has 0 unspecified atom stereocenters. The molecule has 1 aliphatic carbocycles. The van der Waals surface area contributed by atoms with Crippen molar-refractivity contribution in [2.75, 3.05) is 36.9 Å². The van der Waals surface area contributed by atoms with E-state index >= 15 is 0 Å². The molecule has 0 spiro atoms. The van der Waals surface area contributed by atoms with Crippen LogP contribution in [0.4, 0.5) is 11.4 Å². The maximum absolute atomic E-state index is 7.27. The third-order valence-electron chi connectivity index (χ3n) is 11.1. The van der Waals surface area contributed by atoms with E-state index in [1.54, 1.807) is 0 Å². The highest BCUT2D eigenvalue weighted by Crippen LogP contribution is 2.51. The van der Waals surface area contributed by atoms with Gasteiger partial charge in [-0.2, -0.15) is 0 Å². The standard InChI is InChI=1S/C47H56ClN3/c1-8-9-32-51-41-28-25-35-17-11-13-21-39(35)44(41)47(5,6)42(51)29-26-37-19-14-18-36(45(37)48)23-22-33(2)46(3,4)43-38-20-12-10-16-34(38)24-27-40(43)50-31-15-30-49-7/h10-13,16-17,20-29,49-50H,2,8-9,14-15,18-19,30-32H2,1,3-7H3/b23-22+,37-26+,42-29+. The molecular formula is C47H56ClN3. The average Bonchev–Trinajstić information content (AvgIpc) is 3.35. The summed E-state index contributed by atoms with van der Waals surface area (Å²) >= 11 is 7.27. The number of allylic oxidation sites excluding steroid dienone is 9. The van der Waals surface area contributed by atoms with Gasteiger partial charge < -0.3 is 15.5 Å². The molecular weight excluding hydrogens is 642 g/mol. The highest BCUT2D eigenvalue weighted by molar-refractivity contribution is 6.32. The Labute approximate surface area is 311 Å². The van der Waals surface area contributed by atoms with Crippen LogP contribution in [0.1, 0.15) is 84.3 Å². The third-order valence-corrected chi connectivity index (χ3v) is 11.6. The predicted octanol–water partition coefficient (Wildman–Crippen LogP) is 12.5. The zero-order valence-electron chi connectivity index (χ0n) is 31.6. The molecule has 6 rings (SSSR count). The van der Waals surface area contributed by atoms with Gasteiger partial charge in [-0.05, 0) is 113 Å². The predicted molar refractivity (Wildman–Crippen MR) is 224 cm³/mol. The minimum Gasteiger partial charge on any atom is -0.385 e. The highest BCUT2D eigenvalue weighted by atomic mass is 35.5. The van der Waals surface area contributed by atoms with E-state index in [1.807, 2.05) is 7.05 Å². The molecule has 0 saturated carbocycles. The van der Waals surface area contributed by atoms with Gasteiger partial charge in [-0.15, -0.1) is 0 Å². The van der Waals surface area contributed by atoms with Crippen LogP contribution < -0.4 is 15.5 Å². The molecule has 0 atom stereocenters. The molecule has 2 N–H and O–H groups in total. The van der Waals surface area contributed by atoms with Crippen LogP contribution in [-0.4, -0.2) is 26.7 Å². The van der Waals surface area contributed by atoms with Gasteiger partial charge in [0.05, 0.1) is 0 Å². The summed E-state index contributed by atoms with van der Waals surface area (Å²) in [7, 11) is 2.00. The average molecular weight is 698 g/mol. The molecule has 266 valence electrons. The molecule has 3 nitrogen and oxygen atoms in total. The van der Waals surface area contributed by atoms with Crippen LogP contribution in [-0.2, 0) is 10.8 Å². The van der Waals surface area contributed by atoms with E-state index in [0.717, 1.165) is 68.8 Å². The summed E-state index contributed by atoms with van der Waals surface area (Å²) in [5.41, 5.74) is 9.63. The van der Waals surface area contributed by atoms with Gasteiger partial charge in [0.1, 0.15) is 0 Å². The number of rotatable bonds is 13. The maximum Gasteiger partial charge on any atom is 0.0469 e. The lowest BCUT2D eigenvalue weighted by Crippen LogP contribution is -2.27. The summed E-state index contributed by atoms with van der Waals surface area (Å²) < 4.78 is 0. The van der Waals surface area contributed by atoms with Crippen LogP contribution in [0, 0.1) is 0 Å². The Morgan fingerprint density at radius 1 is 0.902 bits per heavy atom. The largest absolute Gasteiger partial charge is 0.385 e. The molecule has 2 aliphatic rings. The summed E-state index contributed by atoms with van der Waals surface area (Å²) in [5, 5.41) is 13.0. The molecule has 0 radical (unpaired) electrons. The first-order chi connectivity index (χ1) is 24.6. The van der Waals surface area contributed by atoms with Gasteiger partial charge in [0, 0.05) is 46.0 Å². The fourth-order valence-corrected chi connectivity index (χ4v) is 8.45. The van der Waals surface area contributed by atoms with E-state index in [0.29, 0.717) is 0 Å². The number of nitrogens with zero attached hydrogens (tertiary/aromatic N) is 1. The number of benzene rings is 4. The number of nitrogens with one attached hydrogen (secondary N) is 2. The Morgan fingerprint density at radius 2 is 1.61 bits per heavy atom. The van der Waals surface area contributed by atoms with Crippen molar-refractivity contribution in [3.8, 4) is 0 Å². The molecule has 4 heteroatoms. The van der Waals surface area contributed by atoms with E-state index < -0.39 is 0 Å². The Morgan fingerprint density at radius 3 is 2.35 bits per heavy atom. The van der Waals surface area contributed by atoms with Crippen LogP contribution in [0.3, 0.4) is 0 Å². The lowest BCUT2D eigenvalue weighted by Gasteiger charge is -2.31. The second-order valence-electron chi connectivity index (χ2n) is 15.3. The first-order valence-corrected chi connectivity index (χ1v) is 19.4. The van der Waals surface area contributed by atoms with Gasteiger partial charge in [0.25, 0.3) is 0 Å². The summed E-state index contributed by atoms with van der Waals surface area (Å²) in [6.07, 6.45) is 15.5. The van der Waals surface area contributed by atoms with Crippen molar-refractivity contribution in [3.63, 3.8) is 0 Å². The number of halogens is 1. The van der Waals surface area contributed by atoms with E-state index in [4.69, 9.17) is 11.6 Å². The number of hydrogen-bond donors (Lipinski definition) is 2. The fourth-order valence-electron chi connectivity index (χ4n) is 8.13. The van der Waals surface area contributed by atoms with Crippen LogP contribution in [0.2, 0.25) is 0 Å². The highest BCUT2D eigenvalue weighted by Gasteiger charge is 2.41. The van der Waals surface area contributed by atoms with E-state index in [2.05, 4.69) is 154 Å². The van der Waals surface area contributed by atoms with Crippen molar-refractivity contribution in [3.05, 3.63) is 142 Å². The SMILES string of the molecule is C=C(/C=C/C1=C(Cl)C(=C/C=C2/N(CCCC)c3ccc4ccccc4c3C2(C)C)/CCC1)C(C)(C)c1c(NCCCNC)ccc2ccccc12. The van der Waals surface area contributed by atoms with E-state index in [1.165, 1.54) is 60.9 Å². The van der Waals surface area contributed by atoms with Gasteiger partial charge in [0.2, 0.25) is 0 Å². The second kappa shape index (κ2) is 15.7. The Hall–Kier alpha value is -4.05. The van der Waals surface area contributed by atoms with Crippen molar-refractivity contribution < 1.29 is 0 Å². The zero-order valence-corrected chi connectivity index (χ0v) is 32.4. The van der Waals surface area contributed by atoms with Crippen LogP contribution in [0.25, 0.3) is 21.5 Å². The first kappa shape index (κ1) is 36.7. The van der Waals surface area contributed by atoms with Crippen LogP contribution in [0.15, 0.2) is 131 Å². The van der Waals surface area contributed by atoms with Crippen molar-refractivity contribution in [2.24, 2.45) is 0 Å². The van der Waals surface area contributed by atoms with Gasteiger partial charge in [0.15, 0.2) is 0 Å². The van der Waals surface area contributed by atoms with E-state index in [-0.39, 0.29) is 10.8 Å². The van der Waals surface area contributed by atoms with Gasteiger partial charge in [-0.1, -0.05) is 138 Å². The van der Waals surface area contributed by atoms with Crippen molar-refractivity contribution in [1.82, 2.24) is 5.32 Å². The van der Waals surface area contributed by atoms with Crippen LogP contribution in [0.5, 0.6) is 0 Å². The Bertz CT molecular complexity index is 2040. The van der Waals surface area contributed by atoms with Crippen molar-refractivity contribution in [1.29, 1.82) is 0 Å². The Balaban J connectivity index is 1.30. The van der Waals surface area contributed by atoms with Gasteiger partial charge >= 0.3 is 0 Å². The van der Waals surface area contributed by atoms with Crippen LogP contribution >= 0.6 is 11.6 Å². The lowest BCUT2D eigenvalue weighted by molar-refractivity contribution is 0.628. The number of fused-ring (bicyclic) bond motifs is 4. The van der Waals surface area contributed by atoms with Crippen molar-refractivity contribution >= 4 is 44.5 Å². The minimum atomic E-state index is -0.303. The lowest BCUT2D eigenvalue weighted by atomic mass is 9.75. The molecule has 51 heavy (non-hydrogen) atoms. The molecule has 1 heterocycles. The topological polar surface area (TPSA) is 27.3 Å². The van der Waals surface area contributed by atoms with Gasteiger partial charge in [-0.25, -0.2) is 0 Å². The van der Waals surface area contributed by atoms with Crippen molar-refractivity contribution in [2.45, 2.75) is 84.0 Å². The fraction of sp³-hybridized carbons (Fsp3) is 0.362. The normalized spacial score (nSPS) is 17.7. The molecule has 1 aliphatic heterocycles. The summed E-state index contributed by atoms with van der Waals surface area (Å²) in [6.45, 7) is 19.2. The molecule has 0 fully saturated rings. The number of unbranched alkanes of at least 4 members (excludes halogenated alkanes) is 1. The maximum atomic E-state index is 7.27. The molecule has 0 amide bonds. The summed E-state index contributed by atoms with van der Waals surface area (Å²) in [4.78, 5) is 2.56. The smallest absolute Gasteiger partial charge is 0.0469 e. The number of hydrogen-bond acceptors (Lipinski definition) is 3. The second-order valence-corrected chi connectivity index (χ2v) is 15.7. The molecule has 4 aromatic carbocycles. The molecule has 0 bridgehead atoms. The quantitative estimate of drug-likeness (QED) is 0.108. The minimum absolute atomic E-state index is 0.125. The zero-order chi connectivity index (χ0) is 36.2. The molecule has 4 aromatic rings. The molecule has 0 aromatic heterocycles. The molecule has 0 saturated heterocycles. The number of anilines is 2. The summed E-state index contributed by atoms with van der Waals surface area (Å²) in [5.74, 6) is 0. The monoisotopic (exact) mass is 697 g/mol. The van der Waals surface area contributed by atoms with E-state index in [9.17, 15) is 0 Å². The third kappa shape index (κ3) is 7.34. The van der Waals surface area contributed by atoms with Gasteiger partial charge in [-0.3, -0.25) is 0 Å². The summed E-state index contributed by atoms with van der Waals surface area (Å²) in [6, 6.07) is 26.6. The Kier molecular flexibility index (Phi) is 11.3.